The highest BCUT2D eigenvalue weighted by atomic mass is 32.2. The summed E-state index contributed by atoms with van der Waals surface area (Å²) in [5.41, 5.74) is 0.163. The Morgan fingerprint density at radius 3 is 2.33 bits per heavy atom. The van der Waals surface area contributed by atoms with Crippen LogP contribution in [0.5, 0.6) is 5.75 Å². The van der Waals surface area contributed by atoms with Gasteiger partial charge in [0.05, 0.1) is 5.69 Å². The van der Waals surface area contributed by atoms with Crippen molar-refractivity contribution in [1.82, 2.24) is 4.72 Å². The number of hydrogen-bond donors (Lipinski definition) is 3. The molecule has 0 aliphatic carbocycles. The zero-order chi connectivity index (χ0) is 13.8. The van der Waals surface area contributed by atoms with Gasteiger partial charge in [0.2, 0.25) is 0 Å². The van der Waals surface area contributed by atoms with Crippen molar-refractivity contribution in [1.29, 1.82) is 0 Å². The summed E-state index contributed by atoms with van der Waals surface area (Å²) < 4.78 is 26.6. The van der Waals surface area contributed by atoms with Crippen molar-refractivity contribution in [3.05, 3.63) is 24.3 Å². The molecule has 0 fully saturated rings. The van der Waals surface area contributed by atoms with E-state index < -0.39 is 22.7 Å². The van der Waals surface area contributed by atoms with Crippen LogP contribution < -0.4 is 9.03 Å². The first kappa shape index (κ1) is 14.3. The third kappa shape index (κ3) is 3.60. The van der Waals surface area contributed by atoms with Crippen LogP contribution in [0.3, 0.4) is 0 Å². The average Bonchev–Trinajstić information content (AvgIpc) is 2.27. The van der Waals surface area contributed by atoms with Crippen LogP contribution in [0.15, 0.2) is 24.3 Å². The van der Waals surface area contributed by atoms with E-state index in [1.165, 1.54) is 24.3 Å². The predicted octanol–water partition coefficient (Wildman–Crippen LogP) is 0.138. The van der Waals surface area contributed by atoms with Gasteiger partial charge in [0.15, 0.2) is 0 Å². The fraction of sp³-hybridized carbons (Fsp3) is 0.300. The van der Waals surface area contributed by atoms with E-state index in [1.807, 2.05) is 0 Å². The Bertz CT molecular complexity index is 512. The highest BCUT2D eigenvalue weighted by Gasteiger charge is 2.23. The van der Waals surface area contributed by atoms with Crippen molar-refractivity contribution in [3.63, 3.8) is 0 Å². The number of hydrogen-bond acceptors (Lipinski definition) is 4. The molecule has 0 heterocycles. The zero-order valence-electron chi connectivity index (χ0n) is 9.70. The molecule has 0 atom stereocenters. The van der Waals surface area contributed by atoms with E-state index in [9.17, 15) is 13.2 Å². The van der Waals surface area contributed by atoms with Crippen LogP contribution in [0.4, 0.5) is 5.69 Å². The third-order valence-corrected chi connectivity index (χ3v) is 3.61. The Labute approximate surface area is 105 Å². The maximum Gasteiger partial charge on any atom is 0.324 e. The number of anilines is 1. The normalized spacial score (nSPS) is 11.2. The van der Waals surface area contributed by atoms with Gasteiger partial charge in [0, 0.05) is 6.54 Å². The van der Waals surface area contributed by atoms with Crippen LogP contribution in [-0.2, 0) is 15.0 Å². The molecule has 0 saturated heterocycles. The summed E-state index contributed by atoms with van der Waals surface area (Å²) in [6.07, 6.45) is 0. The van der Waals surface area contributed by atoms with Crippen LogP contribution in [0, 0.1) is 0 Å². The molecular formula is C10H14N2O5S. The number of rotatable bonds is 6. The minimum absolute atomic E-state index is 0.0325. The molecular weight excluding hydrogens is 260 g/mol. The number of aromatic hydroxyl groups is 1. The molecule has 0 amide bonds. The van der Waals surface area contributed by atoms with Gasteiger partial charge in [-0.15, -0.1) is 0 Å². The second-order valence-corrected chi connectivity index (χ2v) is 5.10. The van der Waals surface area contributed by atoms with Crippen LogP contribution in [-0.4, -0.2) is 37.7 Å². The van der Waals surface area contributed by atoms with E-state index in [0.717, 1.165) is 4.31 Å². The Kier molecular flexibility index (Phi) is 4.51. The molecule has 0 aliphatic rings. The smallest absolute Gasteiger partial charge is 0.324 e. The number of nitrogens with zero attached hydrogens (tertiary/aromatic N) is 1. The quantitative estimate of drug-likeness (QED) is 0.684. The van der Waals surface area contributed by atoms with Gasteiger partial charge >= 0.3 is 16.2 Å². The molecule has 18 heavy (non-hydrogen) atoms. The van der Waals surface area contributed by atoms with Crippen LogP contribution in [0.2, 0.25) is 0 Å². The van der Waals surface area contributed by atoms with Crippen LogP contribution in [0.25, 0.3) is 0 Å². The second kappa shape index (κ2) is 5.69. The summed E-state index contributed by atoms with van der Waals surface area (Å²) in [7, 11) is -3.91. The molecule has 1 rings (SSSR count). The summed E-state index contributed by atoms with van der Waals surface area (Å²) >= 11 is 0. The number of aliphatic carboxylic acids is 1. The Hall–Kier alpha value is -1.80. The molecule has 7 nitrogen and oxygen atoms in total. The molecule has 0 radical (unpaired) electrons. The molecule has 1 aromatic carbocycles. The zero-order valence-corrected chi connectivity index (χ0v) is 10.5. The topological polar surface area (TPSA) is 107 Å². The summed E-state index contributed by atoms with van der Waals surface area (Å²) in [5, 5.41) is 17.9. The lowest BCUT2D eigenvalue weighted by atomic mass is 10.3. The number of phenols is 1. The largest absolute Gasteiger partial charge is 0.508 e. The monoisotopic (exact) mass is 274 g/mol. The molecule has 0 saturated carbocycles. The van der Waals surface area contributed by atoms with Gasteiger partial charge in [-0.3, -0.25) is 4.79 Å². The minimum atomic E-state index is -3.91. The average molecular weight is 274 g/mol. The first-order chi connectivity index (χ1) is 8.36. The van der Waals surface area contributed by atoms with Gasteiger partial charge in [-0.1, -0.05) is 6.92 Å². The summed E-state index contributed by atoms with van der Waals surface area (Å²) in [6, 6.07) is 5.22. The number of benzene rings is 1. The molecule has 0 unspecified atom stereocenters. The van der Waals surface area contributed by atoms with E-state index in [0.29, 0.717) is 0 Å². The van der Waals surface area contributed by atoms with E-state index in [-0.39, 0.29) is 18.0 Å². The van der Waals surface area contributed by atoms with Crippen molar-refractivity contribution in [2.45, 2.75) is 6.92 Å². The van der Waals surface area contributed by atoms with E-state index >= 15 is 0 Å². The predicted molar refractivity (Wildman–Crippen MR) is 65.7 cm³/mol. The second-order valence-electron chi connectivity index (χ2n) is 3.42. The van der Waals surface area contributed by atoms with Gasteiger partial charge in [-0.05, 0) is 24.3 Å². The van der Waals surface area contributed by atoms with Gasteiger partial charge < -0.3 is 10.2 Å². The van der Waals surface area contributed by atoms with Crippen molar-refractivity contribution in [3.8, 4) is 5.75 Å². The molecule has 3 N–H and O–H groups in total. The lowest BCUT2D eigenvalue weighted by molar-refractivity contribution is -0.135. The van der Waals surface area contributed by atoms with Gasteiger partial charge in [0.25, 0.3) is 0 Å². The summed E-state index contributed by atoms with van der Waals surface area (Å²) in [6.45, 7) is 1.05. The number of phenolic OH excluding ortho intramolecular Hbond substituents is 1. The fourth-order valence-corrected chi connectivity index (χ4v) is 2.52. The van der Waals surface area contributed by atoms with Crippen molar-refractivity contribution >= 4 is 21.9 Å². The molecule has 8 heteroatoms. The fourth-order valence-electron chi connectivity index (χ4n) is 1.32. The molecule has 100 valence electrons. The van der Waals surface area contributed by atoms with Crippen molar-refractivity contribution < 1.29 is 23.4 Å². The lowest BCUT2D eigenvalue weighted by Gasteiger charge is -2.22. The number of carboxylic acid groups (broad SMARTS) is 1. The lowest BCUT2D eigenvalue weighted by Crippen LogP contribution is -2.43. The standard InChI is InChI=1S/C10H14N2O5S/c1-2-11-18(16,17)12(7-10(14)15)8-3-5-9(13)6-4-8/h3-6,11,13H,2,7H2,1H3,(H,14,15). The maximum atomic E-state index is 11.8. The van der Waals surface area contributed by atoms with Crippen LogP contribution in [0.1, 0.15) is 6.92 Å². The van der Waals surface area contributed by atoms with Crippen molar-refractivity contribution in [2.75, 3.05) is 17.4 Å². The number of carboxylic acids is 1. The maximum absolute atomic E-state index is 11.8. The molecule has 0 spiro atoms. The minimum Gasteiger partial charge on any atom is -0.508 e. The first-order valence-electron chi connectivity index (χ1n) is 5.15. The summed E-state index contributed by atoms with van der Waals surface area (Å²) in [4.78, 5) is 10.7. The Balaban J connectivity index is 3.13. The van der Waals surface area contributed by atoms with E-state index in [2.05, 4.69) is 4.72 Å². The van der Waals surface area contributed by atoms with Gasteiger partial charge in [-0.2, -0.15) is 13.1 Å². The van der Waals surface area contributed by atoms with Gasteiger partial charge in [-0.25, -0.2) is 4.31 Å². The van der Waals surface area contributed by atoms with E-state index in [1.54, 1.807) is 6.92 Å². The van der Waals surface area contributed by atoms with Gasteiger partial charge in [0.1, 0.15) is 12.3 Å². The first-order valence-corrected chi connectivity index (χ1v) is 6.59. The van der Waals surface area contributed by atoms with E-state index in [4.69, 9.17) is 10.2 Å². The highest BCUT2D eigenvalue weighted by molar-refractivity contribution is 7.90. The molecule has 1 aromatic rings. The molecule has 0 bridgehead atoms. The Morgan fingerprint density at radius 2 is 1.89 bits per heavy atom. The van der Waals surface area contributed by atoms with Crippen LogP contribution >= 0.6 is 0 Å². The number of carbonyl (C=O) groups is 1. The SMILES string of the molecule is CCNS(=O)(=O)N(CC(=O)O)c1ccc(O)cc1. The number of nitrogens with one attached hydrogen (secondary N) is 1. The highest BCUT2D eigenvalue weighted by Crippen LogP contribution is 2.20. The molecule has 0 aromatic heterocycles. The third-order valence-electron chi connectivity index (χ3n) is 2.03. The summed E-state index contributed by atoms with van der Waals surface area (Å²) in [5.74, 6) is -1.31. The molecule has 0 aliphatic heterocycles. The van der Waals surface area contributed by atoms with Crippen molar-refractivity contribution in [2.24, 2.45) is 0 Å². The Morgan fingerprint density at radius 1 is 1.33 bits per heavy atom.